The third-order valence-electron chi connectivity index (χ3n) is 3.17. The molecule has 0 saturated heterocycles. The van der Waals surface area contributed by atoms with Crippen LogP contribution in [0.4, 0.5) is 5.82 Å². The van der Waals surface area contributed by atoms with Crippen LogP contribution in [0.5, 0.6) is 0 Å². The molecule has 0 unspecified atom stereocenters. The summed E-state index contributed by atoms with van der Waals surface area (Å²) in [5.41, 5.74) is 6.16. The van der Waals surface area contributed by atoms with Crippen LogP contribution >= 0.6 is 11.6 Å². The normalized spacial score (nSPS) is 11.3. The first-order valence-corrected chi connectivity index (χ1v) is 8.64. The number of hydrogen-bond acceptors (Lipinski definition) is 6. The minimum absolute atomic E-state index is 0.114. The van der Waals surface area contributed by atoms with Crippen molar-refractivity contribution in [1.82, 2.24) is 15.6 Å². The van der Waals surface area contributed by atoms with E-state index in [1.807, 2.05) is 24.3 Å². The lowest BCUT2D eigenvalue weighted by Crippen LogP contribution is -2.31. The van der Waals surface area contributed by atoms with Crippen LogP contribution in [0.15, 0.2) is 42.5 Å². The molecule has 7 nitrogen and oxygen atoms in total. The molecule has 27 heavy (non-hydrogen) atoms. The van der Waals surface area contributed by atoms with Gasteiger partial charge in [0.25, 0.3) is 0 Å². The largest absolute Gasteiger partial charge is 0.457 e. The van der Waals surface area contributed by atoms with Crippen LogP contribution in [0.25, 0.3) is 6.08 Å². The first-order chi connectivity index (χ1) is 12.7. The van der Waals surface area contributed by atoms with Crippen LogP contribution in [0.1, 0.15) is 31.9 Å². The molecule has 0 radical (unpaired) electrons. The van der Waals surface area contributed by atoms with Gasteiger partial charge in [0, 0.05) is 6.08 Å². The molecule has 0 atom stereocenters. The monoisotopic (exact) mass is 388 g/mol. The Kier molecular flexibility index (Phi) is 6.90. The molecular formula is C19H21ClN4O3. The van der Waals surface area contributed by atoms with E-state index >= 15 is 0 Å². The van der Waals surface area contributed by atoms with E-state index in [1.54, 1.807) is 39.0 Å². The van der Waals surface area contributed by atoms with Crippen LogP contribution in [-0.4, -0.2) is 27.7 Å². The molecule has 0 saturated carbocycles. The average Bonchev–Trinajstić information content (AvgIpc) is 2.59. The fourth-order valence-corrected chi connectivity index (χ4v) is 2.19. The standard InChI is InChI=1S/C19H21ClN4O3/c1-19(2,3)27-18(26)11-8-13-6-4-5-7-14(13)12-17(25)24-23-16-10-9-15(20)21-22-16/h4-11H,12H2,1-3H3,(H,22,23)(H,24,25)/b11-8+. The number of aromatic nitrogens is 2. The SMILES string of the molecule is CC(C)(C)OC(=O)/C=C/c1ccccc1CC(=O)NNc1ccc(Cl)nn1. The maximum absolute atomic E-state index is 12.2. The van der Waals surface area contributed by atoms with Crippen molar-refractivity contribution < 1.29 is 14.3 Å². The number of hydrogen-bond donors (Lipinski definition) is 2. The number of anilines is 1. The number of amides is 1. The van der Waals surface area contributed by atoms with Crippen LogP contribution < -0.4 is 10.9 Å². The first-order valence-electron chi connectivity index (χ1n) is 8.26. The number of halogens is 1. The zero-order valence-corrected chi connectivity index (χ0v) is 16.1. The van der Waals surface area contributed by atoms with Gasteiger partial charge in [-0.15, -0.1) is 10.2 Å². The van der Waals surface area contributed by atoms with Crippen LogP contribution in [0, 0.1) is 0 Å². The Hall–Kier alpha value is -2.93. The Morgan fingerprint density at radius 3 is 2.56 bits per heavy atom. The minimum Gasteiger partial charge on any atom is -0.457 e. The molecule has 2 aromatic rings. The van der Waals surface area contributed by atoms with Crippen molar-refractivity contribution in [2.24, 2.45) is 0 Å². The van der Waals surface area contributed by atoms with E-state index in [0.717, 1.165) is 11.1 Å². The maximum Gasteiger partial charge on any atom is 0.331 e. The first kappa shape index (κ1) is 20.4. The highest BCUT2D eigenvalue weighted by Crippen LogP contribution is 2.13. The molecule has 1 aromatic heterocycles. The molecule has 0 fully saturated rings. The second kappa shape index (κ2) is 9.14. The summed E-state index contributed by atoms with van der Waals surface area (Å²) in [5, 5.41) is 7.71. The summed E-state index contributed by atoms with van der Waals surface area (Å²) in [6.45, 7) is 5.40. The van der Waals surface area contributed by atoms with Gasteiger partial charge in [-0.3, -0.25) is 15.6 Å². The number of nitrogens with zero attached hydrogens (tertiary/aromatic N) is 2. The zero-order chi connectivity index (χ0) is 19.9. The van der Waals surface area contributed by atoms with Gasteiger partial charge in [0.15, 0.2) is 11.0 Å². The summed E-state index contributed by atoms with van der Waals surface area (Å²) < 4.78 is 5.24. The van der Waals surface area contributed by atoms with Crippen molar-refractivity contribution in [2.75, 3.05) is 5.43 Å². The third-order valence-corrected chi connectivity index (χ3v) is 3.38. The van der Waals surface area contributed by atoms with Crippen molar-refractivity contribution in [1.29, 1.82) is 0 Å². The number of carbonyl (C=O) groups excluding carboxylic acids is 2. The number of carbonyl (C=O) groups is 2. The molecule has 1 aromatic carbocycles. The Labute approximate surface area is 162 Å². The molecule has 0 aliphatic rings. The highest BCUT2D eigenvalue weighted by Gasteiger charge is 2.14. The molecule has 8 heteroatoms. The van der Waals surface area contributed by atoms with Crippen molar-refractivity contribution in [3.8, 4) is 0 Å². The fraction of sp³-hybridized carbons (Fsp3) is 0.263. The highest BCUT2D eigenvalue weighted by atomic mass is 35.5. The summed E-state index contributed by atoms with van der Waals surface area (Å²) in [4.78, 5) is 24.0. The predicted molar refractivity (Wildman–Crippen MR) is 104 cm³/mol. The topological polar surface area (TPSA) is 93.2 Å². The third kappa shape index (κ3) is 7.45. The molecule has 0 aliphatic carbocycles. The quantitative estimate of drug-likeness (QED) is 0.448. The zero-order valence-electron chi connectivity index (χ0n) is 15.3. The van der Waals surface area contributed by atoms with Gasteiger partial charge in [-0.25, -0.2) is 4.79 Å². The minimum atomic E-state index is -0.558. The Morgan fingerprint density at radius 1 is 1.15 bits per heavy atom. The smallest absolute Gasteiger partial charge is 0.331 e. The summed E-state index contributed by atoms with van der Waals surface area (Å²) in [5.74, 6) is -0.347. The number of ether oxygens (including phenoxy) is 1. The van der Waals surface area contributed by atoms with E-state index in [1.165, 1.54) is 6.08 Å². The maximum atomic E-state index is 12.2. The number of nitrogens with one attached hydrogen (secondary N) is 2. The van der Waals surface area contributed by atoms with Gasteiger partial charge in [-0.2, -0.15) is 0 Å². The molecule has 2 N–H and O–H groups in total. The van der Waals surface area contributed by atoms with Gasteiger partial charge in [-0.1, -0.05) is 35.9 Å². The van der Waals surface area contributed by atoms with Crippen molar-refractivity contribution >= 4 is 35.4 Å². The van der Waals surface area contributed by atoms with E-state index in [-0.39, 0.29) is 17.5 Å². The molecular weight excluding hydrogens is 368 g/mol. The van der Waals surface area contributed by atoms with Gasteiger partial charge < -0.3 is 4.74 Å². The van der Waals surface area contributed by atoms with Gasteiger partial charge >= 0.3 is 5.97 Å². The van der Waals surface area contributed by atoms with E-state index in [0.29, 0.717) is 5.82 Å². The summed E-state index contributed by atoms with van der Waals surface area (Å²) in [6, 6.07) is 10.4. The van der Waals surface area contributed by atoms with Crippen LogP contribution in [0.2, 0.25) is 5.15 Å². The number of hydrazine groups is 1. The lowest BCUT2D eigenvalue weighted by atomic mass is 10.0. The molecule has 1 heterocycles. The molecule has 2 rings (SSSR count). The van der Waals surface area contributed by atoms with Crippen LogP contribution in [0.3, 0.4) is 0 Å². The number of benzene rings is 1. The van der Waals surface area contributed by atoms with E-state index in [4.69, 9.17) is 16.3 Å². The second-order valence-electron chi connectivity index (χ2n) is 6.66. The van der Waals surface area contributed by atoms with Gasteiger partial charge in [0.1, 0.15) is 5.60 Å². The summed E-state index contributed by atoms with van der Waals surface area (Å²) in [6.07, 6.45) is 3.10. The van der Waals surface area contributed by atoms with E-state index in [2.05, 4.69) is 21.0 Å². The predicted octanol–water partition coefficient (Wildman–Crippen LogP) is 3.17. The van der Waals surface area contributed by atoms with Crippen LogP contribution in [-0.2, 0) is 20.7 Å². The van der Waals surface area contributed by atoms with Crippen molar-refractivity contribution in [2.45, 2.75) is 32.8 Å². The number of esters is 1. The van der Waals surface area contributed by atoms with E-state index < -0.39 is 11.6 Å². The molecule has 0 aliphatic heterocycles. The Bertz CT molecular complexity index is 830. The Morgan fingerprint density at radius 2 is 1.89 bits per heavy atom. The Balaban J connectivity index is 1.97. The van der Waals surface area contributed by atoms with Gasteiger partial charge in [-0.05, 0) is 50.1 Å². The van der Waals surface area contributed by atoms with Gasteiger partial charge in [0.2, 0.25) is 5.91 Å². The van der Waals surface area contributed by atoms with Crippen molar-refractivity contribution in [3.63, 3.8) is 0 Å². The lowest BCUT2D eigenvalue weighted by molar-refractivity contribution is -0.148. The summed E-state index contributed by atoms with van der Waals surface area (Å²) >= 11 is 5.66. The molecule has 1 amide bonds. The molecule has 0 bridgehead atoms. The van der Waals surface area contributed by atoms with Gasteiger partial charge in [0.05, 0.1) is 6.42 Å². The summed E-state index contributed by atoms with van der Waals surface area (Å²) in [7, 11) is 0. The average molecular weight is 389 g/mol. The second-order valence-corrected chi connectivity index (χ2v) is 7.04. The highest BCUT2D eigenvalue weighted by molar-refractivity contribution is 6.29. The fourth-order valence-electron chi connectivity index (χ4n) is 2.08. The van der Waals surface area contributed by atoms with Crippen molar-refractivity contribution in [3.05, 3.63) is 58.8 Å². The molecule has 0 spiro atoms. The molecule has 142 valence electrons. The lowest BCUT2D eigenvalue weighted by Gasteiger charge is -2.18. The number of rotatable bonds is 6. The van der Waals surface area contributed by atoms with E-state index in [9.17, 15) is 9.59 Å².